The molecule has 0 bridgehead atoms. The van der Waals surface area contributed by atoms with Crippen molar-refractivity contribution in [3.8, 4) is 0 Å². The van der Waals surface area contributed by atoms with E-state index in [1.165, 1.54) is 153 Å². The molecule has 0 saturated carbocycles. The van der Waals surface area contributed by atoms with Crippen molar-refractivity contribution in [3.63, 3.8) is 0 Å². The largest absolute Gasteiger partial charge is 0.390 e. The van der Waals surface area contributed by atoms with E-state index >= 15 is 0 Å². The van der Waals surface area contributed by atoms with Gasteiger partial charge in [-0.2, -0.15) is 0 Å². The van der Waals surface area contributed by atoms with Gasteiger partial charge in [-0.05, 0) is 115 Å². The zero-order chi connectivity index (χ0) is 36.8. The highest BCUT2D eigenvalue weighted by Gasteiger charge is 2.25. The van der Waals surface area contributed by atoms with Gasteiger partial charge >= 0.3 is 0 Å². The summed E-state index contributed by atoms with van der Waals surface area (Å²) in [5, 5.41) is 11.8. The minimum atomic E-state index is -0.470. The molecule has 0 atom stereocenters. The molecule has 0 heterocycles. The van der Waals surface area contributed by atoms with Gasteiger partial charge in [0.25, 0.3) is 0 Å². The Morgan fingerprint density at radius 3 is 1.27 bits per heavy atom. The second kappa shape index (κ2) is 36.5. The number of hydrogen-bond acceptors (Lipinski definition) is 2. The molecule has 2 nitrogen and oxygen atoms in total. The van der Waals surface area contributed by atoms with Crippen molar-refractivity contribution >= 4 is 0 Å². The summed E-state index contributed by atoms with van der Waals surface area (Å²) in [7, 11) is 2.23. The highest BCUT2D eigenvalue weighted by atomic mass is 16.3. The Labute approximate surface area is 319 Å². The van der Waals surface area contributed by atoms with Crippen molar-refractivity contribution in [2.45, 2.75) is 212 Å². The summed E-state index contributed by atoms with van der Waals surface area (Å²) in [5.41, 5.74) is 0.911. The van der Waals surface area contributed by atoms with Gasteiger partial charge < -0.3 is 10.0 Å². The van der Waals surface area contributed by atoms with Gasteiger partial charge in [-0.3, -0.25) is 0 Å². The Balaban J connectivity index is 2.26. The third-order valence-corrected chi connectivity index (χ3v) is 10.4. The standard InChI is InChI=1S/C49H85NO/c1-4-6-8-10-12-14-16-18-20-22-24-26-28-30-32-37-43-49(51,45-39-40-46-50(3)47-48-41-35-34-36-42-48)44-38-33-31-29-27-25-23-21-19-17-15-13-11-9-7-5-2/h12-15,18-21,34-36,41-42,51H,4-11,16-17,22-33,37-40,43-47H2,1-3H3/b14-12-,15-13-,20-18-,21-19-. The molecule has 0 radical (unpaired) electrons. The lowest BCUT2D eigenvalue weighted by Crippen LogP contribution is -2.29. The Bertz CT molecular complexity index is 912. The van der Waals surface area contributed by atoms with Crippen molar-refractivity contribution in [1.29, 1.82) is 0 Å². The summed E-state index contributed by atoms with van der Waals surface area (Å²) in [4.78, 5) is 2.43. The molecule has 2 heteroatoms. The van der Waals surface area contributed by atoms with Crippen LogP contribution in [0.2, 0.25) is 0 Å². The van der Waals surface area contributed by atoms with Gasteiger partial charge in [0.1, 0.15) is 0 Å². The van der Waals surface area contributed by atoms with Crippen LogP contribution in [0.3, 0.4) is 0 Å². The van der Waals surface area contributed by atoms with Crippen LogP contribution >= 0.6 is 0 Å². The van der Waals surface area contributed by atoms with Crippen LogP contribution in [0.25, 0.3) is 0 Å². The maximum Gasteiger partial charge on any atom is 0.0647 e. The molecule has 1 aromatic rings. The van der Waals surface area contributed by atoms with Crippen LogP contribution in [0.15, 0.2) is 78.9 Å². The molecule has 0 unspecified atom stereocenters. The van der Waals surface area contributed by atoms with Crippen LogP contribution in [-0.4, -0.2) is 29.2 Å². The van der Waals surface area contributed by atoms with Gasteiger partial charge in [0, 0.05) is 6.54 Å². The molecule has 0 aliphatic rings. The summed E-state index contributed by atoms with van der Waals surface area (Å²) in [6.45, 7) is 6.64. The van der Waals surface area contributed by atoms with Crippen LogP contribution in [0.1, 0.15) is 206 Å². The SMILES string of the molecule is CCCCC/C=C\C/C=C\CCCCCCCCC(O)(CCCCCCCC/C=C\C/C=C\CCCCC)CCCCN(C)Cc1ccccc1. The number of rotatable bonds is 37. The van der Waals surface area contributed by atoms with E-state index in [0.717, 1.165) is 51.6 Å². The van der Waals surface area contributed by atoms with E-state index in [2.05, 4.69) is 105 Å². The summed E-state index contributed by atoms with van der Waals surface area (Å²) in [5.74, 6) is 0. The van der Waals surface area contributed by atoms with Crippen LogP contribution in [0.5, 0.6) is 0 Å². The van der Waals surface area contributed by atoms with E-state index in [0.29, 0.717) is 0 Å². The summed E-state index contributed by atoms with van der Waals surface area (Å²) >= 11 is 0. The maximum atomic E-state index is 11.8. The number of aliphatic hydroxyl groups is 1. The number of hydrogen-bond donors (Lipinski definition) is 1. The van der Waals surface area contributed by atoms with E-state index in [9.17, 15) is 5.11 Å². The molecule has 51 heavy (non-hydrogen) atoms. The second-order valence-electron chi connectivity index (χ2n) is 15.6. The van der Waals surface area contributed by atoms with Gasteiger partial charge in [0.15, 0.2) is 0 Å². The van der Waals surface area contributed by atoms with Crippen LogP contribution in [0, 0.1) is 0 Å². The van der Waals surface area contributed by atoms with Gasteiger partial charge in [-0.1, -0.05) is 183 Å². The molecule has 0 spiro atoms. The maximum absolute atomic E-state index is 11.8. The van der Waals surface area contributed by atoms with Gasteiger partial charge in [-0.25, -0.2) is 0 Å². The van der Waals surface area contributed by atoms with E-state index in [1.807, 2.05) is 0 Å². The van der Waals surface area contributed by atoms with Crippen molar-refractivity contribution in [2.75, 3.05) is 13.6 Å². The fourth-order valence-corrected chi connectivity index (χ4v) is 7.07. The topological polar surface area (TPSA) is 23.5 Å². The lowest BCUT2D eigenvalue weighted by atomic mass is 9.85. The van der Waals surface area contributed by atoms with Crippen molar-refractivity contribution in [2.24, 2.45) is 0 Å². The molecule has 292 valence electrons. The average Bonchev–Trinajstić information content (AvgIpc) is 3.13. The zero-order valence-electron chi connectivity index (χ0n) is 34.3. The minimum Gasteiger partial charge on any atom is -0.390 e. The summed E-state index contributed by atoms with van der Waals surface area (Å²) in [6.07, 6.45) is 54.6. The van der Waals surface area contributed by atoms with Gasteiger partial charge in [0.05, 0.1) is 5.60 Å². The molecule has 1 rings (SSSR count). The number of benzene rings is 1. The predicted molar refractivity (Wildman–Crippen MR) is 230 cm³/mol. The zero-order valence-corrected chi connectivity index (χ0v) is 34.3. The quantitative estimate of drug-likeness (QED) is 0.0551. The third kappa shape index (κ3) is 32.5. The molecule has 1 aromatic carbocycles. The Morgan fingerprint density at radius 1 is 0.471 bits per heavy atom. The first-order valence-corrected chi connectivity index (χ1v) is 22.1. The lowest BCUT2D eigenvalue weighted by Gasteiger charge is -2.29. The smallest absolute Gasteiger partial charge is 0.0647 e. The first kappa shape index (κ1) is 47.1. The molecule has 0 saturated heterocycles. The summed E-state index contributed by atoms with van der Waals surface area (Å²) in [6, 6.07) is 10.8. The molecule has 0 aliphatic heterocycles. The van der Waals surface area contributed by atoms with E-state index < -0.39 is 5.60 Å². The number of nitrogens with zero attached hydrogens (tertiary/aromatic N) is 1. The van der Waals surface area contributed by atoms with Crippen LogP contribution in [0.4, 0.5) is 0 Å². The van der Waals surface area contributed by atoms with Crippen molar-refractivity contribution in [3.05, 3.63) is 84.5 Å². The fourth-order valence-electron chi connectivity index (χ4n) is 7.07. The number of allylic oxidation sites excluding steroid dienone is 8. The molecule has 1 N–H and O–H groups in total. The van der Waals surface area contributed by atoms with Crippen molar-refractivity contribution in [1.82, 2.24) is 4.90 Å². The van der Waals surface area contributed by atoms with Crippen LogP contribution in [-0.2, 0) is 6.54 Å². The van der Waals surface area contributed by atoms with Gasteiger partial charge in [-0.15, -0.1) is 0 Å². The molecular formula is C49H85NO. The molecule has 0 fully saturated rings. The normalized spacial score (nSPS) is 12.6. The summed E-state index contributed by atoms with van der Waals surface area (Å²) < 4.78 is 0. The molecule has 0 aliphatic carbocycles. The van der Waals surface area contributed by atoms with E-state index in [-0.39, 0.29) is 0 Å². The monoisotopic (exact) mass is 704 g/mol. The molecule has 0 aromatic heterocycles. The lowest BCUT2D eigenvalue weighted by molar-refractivity contribution is 0.00671. The molecule has 0 amide bonds. The molecular weight excluding hydrogens is 619 g/mol. The average molecular weight is 704 g/mol. The third-order valence-electron chi connectivity index (χ3n) is 10.4. The Morgan fingerprint density at radius 2 is 0.843 bits per heavy atom. The second-order valence-corrected chi connectivity index (χ2v) is 15.6. The van der Waals surface area contributed by atoms with Crippen LogP contribution < -0.4 is 0 Å². The number of unbranched alkanes of at least 4 members (excludes halogenated alkanes) is 19. The van der Waals surface area contributed by atoms with Gasteiger partial charge in [0.2, 0.25) is 0 Å². The first-order valence-electron chi connectivity index (χ1n) is 22.1. The van der Waals surface area contributed by atoms with E-state index in [4.69, 9.17) is 0 Å². The highest BCUT2D eigenvalue weighted by molar-refractivity contribution is 5.14. The predicted octanol–water partition coefficient (Wildman–Crippen LogP) is 15.4. The van der Waals surface area contributed by atoms with E-state index in [1.54, 1.807) is 0 Å². The Kier molecular flexibility index (Phi) is 33.7. The minimum absolute atomic E-state index is 0.470. The highest BCUT2D eigenvalue weighted by Crippen LogP contribution is 2.29. The first-order chi connectivity index (χ1) is 25.1. The fraction of sp³-hybridized carbons (Fsp3) is 0.714. The van der Waals surface area contributed by atoms with Crippen molar-refractivity contribution < 1.29 is 5.11 Å². The Hall–Kier alpha value is -1.90.